The third-order valence-electron chi connectivity index (χ3n) is 2.78. The molecule has 1 atom stereocenters. The molecule has 6 heteroatoms. The molecule has 1 rings (SSSR count). The summed E-state index contributed by atoms with van der Waals surface area (Å²) in [5, 5.41) is 13.6. The first-order valence-electron chi connectivity index (χ1n) is 7.81. The fourth-order valence-corrected chi connectivity index (χ4v) is 1.55. The lowest BCUT2D eigenvalue weighted by molar-refractivity contribution is -0.141. The first-order valence-corrected chi connectivity index (χ1v) is 7.10. The van der Waals surface area contributed by atoms with Gasteiger partial charge in [0.1, 0.15) is 6.04 Å². The smallest absolute Gasteiger partial charge is 0.326 e. The van der Waals surface area contributed by atoms with Gasteiger partial charge in [0.25, 0.3) is 5.91 Å². The van der Waals surface area contributed by atoms with Gasteiger partial charge < -0.3 is 15.7 Å². The van der Waals surface area contributed by atoms with E-state index in [1.54, 1.807) is 24.3 Å². The Balaban J connectivity index is 0.00000232. The highest BCUT2D eigenvalue weighted by atomic mass is 16.4. The van der Waals surface area contributed by atoms with Crippen molar-refractivity contribution in [3.8, 4) is 0 Å². The van der Waals surface area contributed by atoms with Crippen molar-refractivity contribution >= 4 is 17.8 Å². The Morgan fingerprint density at radius 2 is 1.82 bits per heavy atom. The van der Waals surface area contributed by atoms with Gasteiger partial charge in [0.15, 0.2) is 0 Å². The summed E-state index contributed by atoms with van der Waals surface area (Å²) >= 11 is 0. The predicted molar refractivity (Wildman–Crippen MR) is 84.7 cm³/mol. The number of aryl methyl sites for hydroxylation is 1. The van der Waals surface area contributed by atoms with Crippen LogP contribution in [0.5, 0.6) is 0 Å². The monoisotopic (exact) mass is 309 g/mol. The van der Waals surface area contributed by atoms with Gasteiger partial charge in [-0.25, -0.2) is 4.79 Å². The van der Waals surface area contributed by atoms with E-state index < -0.39 is 23.8 Å². The van der Waals surface area contributed by atoms with E-state index in [2.05, 4.69) is 10.6 Å². The van der Waals surface area contributed by atoms with Crippen molar-refractivity contribution in [2.75, 3.05) is 7.05 Å². The molecule has 0 heterocycles. The summed E-state index contributed by atoms with van der Waals surface area (Å²) in [4.78, 5) is 34.2. The molecule has 0 fully saturated rings. The maximum absolute atomic E-state index is 12.0. The van der Waals surface area contributed by atoms with Crippen molar-refractivity contribution in [1.82, 2.24) is 10.6 Å². The number of hydrogen-bond donors (Lipinski definition) is 3. The van der Waals surface area contributed by atoms with Crippen LogP contribution < -0.4 is 10.6 Å². The summed E-state index contributed by atoms with van der Waals surface area (Å²) in [7, 11) is 1.40. The van der Waals surface area contributed by atoms with Gasteiger partial charge >= 0.3 is 5.97 Å². The van der Waals surface area contributed by atoms with E-state index in [9.17, 15) is 14.4 Å². The Morgan fingerprint density at radius 1 is 1.23 bits per heavy atom. The van der Waals surface area contributed by atoms with Crippen molar-refractivity contribution < 1.29 is 20.9 Å². The molecule has 0 spiro atoms. The topological polar surface area (TPSA) is 95.5 Å². The van der Waals surface area contributed by atoms with Crippen molar-refractivity contribution in [2.45, 2.75) is 39.6 Å². The molecule has 3 N–H and O–H groups in total. The van der Waals surface area contributed by atoms with Gasteiger partial charge in [-0.15, -0.1) is 0 Å². The van der Waals surface area contributed by atoms with Crippen LogP contribution in [0, 0.1) is 0 Å². The molecule has 0 unspecified atom stereocenters. The maximum Gasteiger partial charge on any atom is 0.326 e. The molecule has 1 aromatic carbocycles. The van der Waals surface area contributed by atoms with Gasteiger partial charge in [0, 0.05) is 14.0 Å². The molecule has 0 aliphatic carbocycles. The van der Waals surface area contributed by atoms with Crippen LogP contribution in [0.25, 0.3) is 0 Å². The number of amides is 2. The zero-order valence-electron chi connectivity index (χ0n) is 14.2. The summed E-state index contributed by atoms with van der Waals surface area (Å²) in [6, 6.07) is 5.30. The third kappa shape index (κ3) is 6.39. The molecule has 0 radical (unpaired) electrons. The van der Waals surface area contributed by atoms with Crippen LogP contribution >= 0.6 is 0 Å². The molecule has 0 saturated carbocycles. The van der Waals surface area contributed by atoms with E-state index in [-0.39, 0.29) is 13.3 Å². The number of aliphatic carboxylic acids is 1. The summed E-state index contributed by atoms with van der Waals surface area (Å²) in [5.74, 6) is -2.28. The molecule has 1 aromatic rings. The fourth-order valence-electron chi connectivity index (χ4n) is 1.55. The van der Waals surface area contributed by atoms with Crippen molar-refractivity contribution in [3.05, 3.63) is 35.4 Å². The summed E-state index contributed by atoms with van der Waals surface area (Å²) in [6.45, 7) is 4.26. The van der Waals surface area contributed by atoms with Crippen LogP contribution in [-0.4, -0.2) is 36.0 Å². The first-order chi connectivity index (χ1) is 11.0. The second-order valence-electron chi connectivity index (χ2n) is 4.19. The summed E-state index contributed by atoms with van der Waals surface area (Å²) < 4.78 is 7.12. The van der Waals surface area contributed by atoms with E-state index in [0.717, 1.165) is 5.56 Å². The lowest BCUT2D eigenvalue weighted by Crippen LogP contribution is -2.43. The standard InChI is InChI=1S/C14H18N2O4.C2H6/c1-3-9-4-6-10(7-5-9)13(18)16-11(14(19)20)8-12(17)15-2;1-2/h4-7,11H,3,8H2,1-2H3,(H,15,17)(H,16,18)(H,19,20);1-2H3/t11-;/m0./s1/i1D;. The number of benzene rings is 1. The Hall–Kier alpha value is -2.37. The van der Waals surface area contributed by atoms with Gasteiger partial charge in [-0.3, -0.25) is 9.59 Å². The first kappa shape index (κ1) is 17.7. The maximum atomic E-state index is 12.0. The minimum absolute atomic E-state index is 0.263. The summed E-state index contributed by atoms with van der Waals surface area (Å²) in [5.41, 5.74) is 1.24. The van der Waals surface area contributed by atoms with Gasteiger partial charge in [0.05, 0.1) is 6.42 Å². The van der Waals surface area contributed by atoms with Crippen LogP contribution in [0.2, 0.25) is 0 Å². The van der Waals surface area contributed by atoms with Crippen LogP contribution in [0.3, 0.4) is 0 Å². The fraction of sp³-hybridized carbons (Fsp3) is 0.438. The van der Waals surface area contributed by atoms with Crippen LogP contribution in [-0.2, 0) is 16.0 Å². The van der Waals surface area contributed by atoms with Crippen molar-refractivity contribution in [1.29, 1.82) is 0 Å². The number of nitrogens with one attached hydrogen (secondary N) is 2. The minimum atomic E-state index is -1.27. The van der Waals surface area contributed by atoms with Crippen molar-refractivity contribution in [2.24, 2.45) is 0 Å². The van der Waals surface area contributed by atoms with E-state index in [4.69, 9.17) is 6.48 Å². The van der Waals surface area contributed by atoms with E-state index in [1.165, 1.54) is 7.05 Å². The summed E-state index contributed by atoms with van der Waals surface area (Å²) in [6.07, 6.45) is 0.269. The lowest BCUT2D eigenvalue weighted by atomic mass is 10.1. The SMILES string of the molecule is CC.[2H]CCc1ccc(C(=O)N[C@@H](CC(=O)NC)C(=O)O)cc1. The molecule has 6 nitrogen and oxygen atoms in total. The van der Waals surface area contributed by atoms with Crippen LogP contribution in [0.15, 0.2) is 24.3 Å². The molecular formula is C16H24N2O4. The normalized spacial score (nSPS) is 11.3. The van der Waals surface area contributed by atoms with Gasteiger partial charge in [0.2, 0.25) is 5.91 Å². The second kappa shape index (κ2) is 10.4. The average Bonchev–Trinajstić information content (AvgIpc) is 2.56. The second-order valence-corrected chi connectivity index (χ2v) is 4.19. The van der Waals surface area contributed by atoms with Gasteiger partial charge in [-0.05, 0) is 24.1 Å². The lowest BCUT2D eigenvalue weighted by Gasteiger charge is -2.13. The average molecular weight is 309 g/mol. The zero-order valence-corrected chi connectivity index (χ0v) is 13.2. The van der Waals surface area contributed by atoms with Crippen LogP contribution in [0.4, 0.5) is 0 Å². The van der Waals surface area contributed by atoms with Crippen LogP contribution in [0.1, 0.15) is 44.5 Å². The predicted octanol–water partition coefficient (Wildman–Crippen LogP) is 1.59. The van der Waals surface area contributed by atoms with E-state index >= 15 is 0 Å². The van der Waals surface area contributed by atoms with Gasteiger partial charge in [-0.1, -0.05) is 32.9 Å². The molecular weight excluding hydrogens is 284 g/mol. The van der Waals surface area contributed by atoms with E-state index in [1.807, 2.05) is 13.8 Å². The number of hydrogen-bond acceptors (Lipinski definition) is 3. The Kier molecular flexibility index (Phi) is 8.33. The molecule has 0 saturated heterocycles. The number of rotatable bonds is 6. The molecule has 122 valence electrons. The highest BCUT2D eigenvalue weighted by Crippen LogP contribution is 2.06. The third-order valence-corrected chi connectivity index (χ3v) is 2.78. The van der Waals surface area contributed by atoms with E-state index in [0.29, 0.717) is 12.0 Å². The molecule has 0 aromatic heterocycles. The van der Waals surface area contributed by atoms with Crippen molar-refractivity contribution in [3.63, 3.8) is 0 Å². The molecule has 2 amide bonds. The number of carbonyl (C=O) groups excluding carboxylic acids is 2. The minimum Gasteiger partial charge on any atom is -0.480 e. The highest BCUT2D eigenvalue weighted by Gasteiger charge is 2.23. The Bertz CT molecular complexity index is 517. The number of carbonyl (C=O) groups is 3. The zero-order chi connectivity index (χ0) is 17.8. The molecule has 22 heavy (non-hydrogen) atoms. The quantitative estimate of drug-likeness (QED) is 0.743. The van der Waals surface area contributed by atoms with Gasteiger partial charge in [-0.2, -0.15) is 0 Å². The molecule has 0 aliphatic rings. The largest absolute Gasteiger partial charge is 0.480 e. The molecule has 0 bridgehead atoms. The number of carboxylic acids is 1. The highest BCUT2D eigenvalue weighted by molar-refractivity contribution is 5.97. The number of carboxylic acid groups (broad SMARTS) is 1. The Morgan fingerprint density at radius 3 is 2.27 bits per heavy atom. The molecule has 0 aliphatic heterocycles. The Labute approximate surface area is 132 Å².